The largest absolute Gasteiger partial charge is 0.573 e. The summed E-state index contributed by atoms with van der Waals surface area (Å²) < 4.78 is 50.1. The molecule has 1 unspecified atom stereocenters. The molecule has 0 radical (unpaired) electrons. The zero-order valence-electron chi connectivity index (χ0n) is 24.0. The molecule has 220 valence electrons. The molecular formula is C30H36F3N5O3. The molecule has 0 saturated carbocycles. The van der Waals surface area contributed by atoms with Gasteiger partial charge in [-0.05, 0) is 56.0 Å². The van der Waals surface area contributed by atoms with Gasteiger partial charge in [-0.15, -0.1) is 13.2 Å². The molecule has 3 aromatic rings. The number of ether oxygens (including phenoxy) is 2. The summed E-state index contributed by atoms with van der Waals surface area (Å²) in [5, 5.41) is 0. The Morgan fingerprint density at radius 2 is 1.83 bits per heavy atom. The normalized spacial score (nSPS) is 16.2. The van der Waals surface area contributed by atoms with Crippen LogP contribution in [0, 0.1) is 13.8 Å². The smallest absolute Gasteiger partial charge is 0.488 e. The molecule has 4 rings (SSSR count). The van der Waals surface area contributed by atoms with E-state index in [9.17, 15) is 18.0 Å². The van der Waals surface area contributed by atoms with Gasteiger partial charge in [-0.1, -0.05) is 38.1 Å². The van der Waals surface area contributed by atoms with Crippen LogP contribution >= 0.6 is 0 Å². The third-order valence-electron chi connectivity index (χ3n) is 7.22. The van der Waals surface area contributed by atoms with E-state index in [0.717, 1.165) is 22.4 Å². The molecule has 2 aromatic carbocycles. The first kappa shape index (κ1) is 30.1. The van der Waals surface area contributed by atoms with Crippen LogP contribution in [0.5, 0.6) is 11.5 Å². The fourth-order valence-corrected chi connectivity index (χ4v) is 4.90. The zero-order valence-corrected chi connectivity index (χ0v) is 24.0. The highest BCUT2D eigenvalue weighted by molar-refractivity contribution is 5.76. The number of hydrogen-bond donors (Lipinski definition) is 1. The number of carbonyl (C=O) groups excluding carboxylic acids is 1. The van der Waals surface area contributed by atoms with Crippen LogP contribution in [0.3, 0.4) is 0 Å². The number of rotatable bonds is 9. The molecule has 0 spiro atoms. The molecule has 1 aliphatic heterocycles. The Labute approximate surface area is 238 Å². The lowest BCUT2D eigenvalue weighted by atomic mass is 10.0. The Kier molecular flexibility index (Phi) is 9.06. The van der Waals surface area contributed by atoms with Gasteiger partial charge in [0.05, 0.1) is 23.4 Å². The summed E-state index contributed by atoms with van der Waals surface area (Å²) >= 11 is 0. The Morgan fingerprint density at radius 1 is 1.10 bits per heavy atom. The Morgan fingerprint density at radius 3 is 2.49 bits per heavy atom. The topological polar surface area (TPSA) is 93.8 Å². The van der Waals surface area contributed by atoms with Gasteiger partial charge in [0.2, 0.25) is 5.91 Å². The van der Waals surface area contributed by atoms with Crippen LogP contribution in [0.4, 0.5) is 19.0 Å². The first-order chi connectivity index (χ1) is 19.3. The maximum absolute atomic E-state index is 13.2. The number of aryl methyl sites for hydroxylation is 2. The van der Waals surface area contributed by atoms with E-state index in [1.54, 1.807) is 13.0 Å². The number of benzene rings is 2. The van der Waals surface area contributed by atoms with E-state index in [2.05, 4.69) is 34.5 Å². The number of anilines is 1. The molecule has 2 heterocycles. The molecule has 2 N–H and O–H groups in total. The second kappa shape index (κ2) is 12.3. The van der Waals surface area contributed by atoms with Crippen molar-refractivity contribution in [2.24, 2.45) is 5.73 Å². The van der Waals surface area contributed by atoms with E-state index >= 15 is 0 Å². The number of primary amides is 1. The lowest BCUT2D eigenvalue weighted by Crippen LogP contribution is -2.54. The van der Waals surface area contributed by atoms with Crippen molar-refractivity contribution in [3.05, 3.63) is 64.8 Å². The molecule has 11 heteroatoms. The molecule has 1 saturated heterocycles. The third-order valence-corrected chi connectivity index (χ3v) is 7.22. The van der Waals surface area contributed by atoms with E-state index < -0.39 is 12.3 Å². The van der Waals surface area contributed by atoms with Gasteiger partial charge in [0.15, 0.2) is 5.82 Å². The molecule has 1 atom stereocenters. The summed E-state index contributed by atoms with van der Waals surface area (Å²) in [6, 6.07) is 11.9. The number of amides is 1. The summed E-state index contributed by atoms with van der Waals surface area (Å²) in [5.41, 5.74) is 9.00. The van der Waals surface area contributed by atoms with Crippen LogP contribution in [-0.2, 0) is 11.4 Å². The minimum atomic E-state index is -4.86. The van der Waals surface area contributed by atoms with Crippen molar-refractivity contribution in [3.8, 4) is 22.9 Å². The quantitative estimate of drug-likeness (QED) is 0.370. The van der Waals surface area contributed by atoms with Gasteiger partial charge in [-0.25, -0.2) is 9.97 Å². The lowest BCUT2D eigenvalue weighted by Gasteiger charge is -2.40. The monoisotopic (exact) mass is 571 g/mol. The number of piperazine rings is 1. The third kappa shape index (κ3) is 7.46. The molecule has 1 fully saturated rings. The number of aromatic nitrogens is 2. The maximum atomic E-state index is 13.2. The van der Waals surface area contributed by atoms with E-state index in [1.165, 1.54) is 18.2 Å². The fourth-order valence-electron chi connectivity index (χ4n) is 4.90. The van der Waals surface area contributed by atoms with Crippen molar-refractivity contribution in [2.75, 3.05) is 31.1 Å². The molecule has 1 aliphatic rings. The predicted molar refractivity (Wildman–Crippen MR) is 151 cm³/mol. The van der Waals surface area contributed by atoms with E-state index in [-0.39, 0.29) is 36.3 Å². The molecular weight excluding hydrogens is 535 g/mol. The van der Waals surface area contributed by atoms with Gasteiger partial charge in [0, 0.05) is 25.7 Å². The SMILES string of the molecule is Cc1ccc(C(C)C)cc1OCc1c(C)nc(-c2ccccc2OC(F)(F)F)nc1N1CCN(CC(N)=O)C(C)C1. The minimum absolute atomic E-state index is 0.0189. The van der Waals surface area contributed by atoms with Gasteiger partial charge in [-0.3, -0.25) is 9.69 Å². The molecule has 0 aliphatic carbocycles. The van der Waals surface area contributed by atoms with E-state index in [0.29, 0.717) is 37.1 Å². The molecule has 1 amide bonds. The summed E-state index contributed by atoms with van der Waals surface area (Å²) in [4.78, 5) is 25.0. The van der Waals surface area contributed by atoms with Crippen molar-refractivity contribution >= 4 is 11.7 Å². The van der Waals surface area contributed by atoms with Gasteiger partial charge >= 0.3 is 6.36 Å². The number of nitrogens with two attached hydrogens (primary N) is 1. The molecule has 0 bridgehead atoms. The number of halogens is 3. The number of hydrogen-bond acceptors (Lipinski definition) is 7. The maximum Gasteiger partial charge on any atom is 0.573 e. The minimum Gasteiger partial charge on any atom is -0.488 e. The summed E-state index contributed by atoms with van der Waals surface area (Å²) in [6.45, 7) is 11.9. The Bertz CT molecular complexity index is 1400. The highest BCUT2D eigenvalue weighted by atomic mass is 19.4. The number of carbonyl (C=O) groups is 1. The van der Waals surface area contributed by atoms with Crippen molar-refractivity contribution in [2.45, 2.75) is 59.5 Å². The van der Waals surface area contributed by atoms with Gasteiger partial charge in [0.25, 0.3) is 0 Å². The highest BCUT2D eigenvalue weighted by Gasteiger charge is 2.33. The lowest BCUT2D eigenvalue weighted by molar-refractivity contribution is -0.274. The Hall–Kier alpha value is -3.86. The number of nitrogens with zero attached hydrogens (tertiary/aromatic N) is 4. The molecule has 1 aromatic heterocycles. The second-order valence-corrected chi connectivity index (χ2v) is 10.7. The second-order valence-electron chi connectivity index (χ2n) is 10.7. The van der Waals surface area contributed by atoms with E-state index in [4.69, 9.17) is 15.5 Å². The van der Waals surface area contributed by atoms with Crippen LogP contribution in [0.2, 0.25) is 0 Å². The van der Waals surface area contributed by atoms with Crippen molar-refractivity contribution in [1.29, 1.82) is 0 Å². The van der Waals surface area contributed by atoms with Gasteiger partial charge < -0.3 is 20.1 Å². The van der Waals surface area contributed by atoms with Crippen LogP contribution in [0.15, 0.2) is 42.5 Å². The number of alkyl halides is 3. The van der Waals surface area contributed by atoms with Crippen LogP contribution in [-0.4, -0.2) is 59.4 Å². The highest BCUT2D eigenvalue weighted by Crippen LogP contribution is 2.35. The van der Waals surface area contributed by atoms with Crippen molar-refractivity contribution < 1.29 is 27.4 Å². The first-order valence-corrected chi connectivity index (χ1v) is 13.6. The van der Waals surface area contributed by atoms with E-state index in [1.807, 2.05) is 30.9 Å². The first-order valence-electron chi connectivity index (χ1n) is 13.6. The molecule has 41 heavy (non-hydrogen) atoms. The summed E-state index contributed by atoms with van der Waals surface area (Å²) in [5.74, 6) is 0.975. The van der Waals surface area contributed by atoms with Crippen molar-refractivity contribution in [3.63, 3.8) is 0 Å². The fraction of sp³-hybridized carbons (Fsp3) is 0.433. The van der Waals surface area contributed by atoms with Crippen LogP contribution in [0.25, 0.3) is 11.4 Å². The van der Waals surface area contributed by atoms with Crippen LogP contribution in [0.1, 0.15) is 49.1 Å². The number of para-hydroxylation sites is 1. The summed E-state index contributed by atoms with van der Waals surface area (Å²) in [7, 11) is 0. The zero-order chi connectivity index (χ0) is 29.9. The van der Waals surface area contributed by atoms with Crippen LogP contribution < -0.4 is 20.1 Å². The van der Waals surface area contributed by atoms with Gasteiger partial charge in [0.1, 0.15) is 23.9 Å². The average Bonchev–Trinajstić information content (AvgIpc) is 2.88. The molecule has 8 nitrogen and oxygen atoms in total. The van der Waals surface area contributed by atoms with Gasteiger partial charge in [-0.2, -0.15) is 0 Å². The Balaban J connectivity index is 1.74. The average molecular weight is 572 g/mol. The predicted octanol–water partition coefficient (Wildman–Crippen LogP) is 5.36. The standard InChI is InChI=1S/C30H36F3N5O3/c1-18(2)22-11-10-19(3)26(14-22)40-17-24-21(5)35-28(23-8-6-7-9-25(23)41-30(31,32)33)36-29(24)38-13-12-37(16-27(34)39)20(4)15-38/h6-11,14,18,20H,12-13,15-17H2,1-5H3,(H2,34,39). The summed E-state index contributed by atoms with van der Waals surface area (Å²) in [6.07, 6.45) is -4.86. The van der Waals surface area contributed by atoms with Crippen molar-refractivity contribution in [1.82, 2.24) is 14.9 Å².